The second-order valence-electron chi connectivity index (χ2n) is 8.98. The molecule has 7 nitrogen and oxygen atoms in total. The molecule has 2 aromatic rings. The van der Waals surface area contributed by atoms with Crippen molar-refractivity contribution in [1.29, 1.82) is 0 Å². The fourth-order valence-electron chi connectivity index (χ4n) is 4.71. The van der Waals surface area contributed by atoms with Gasteiger partial charge in [0.05, 0.1) is 0 Å². The number of piperidine rings is 1. The molecule has 180 valence electrons. The number of hydrogen-bond acceptors (Lipinski definition) is 4. The summed E-state index contributed by atoms with van der Waals surface area (Å²) in [6.45, 7) is 3.66. The number of carbonyl (C=O) groups is 3. The van der Waals surface area contributed by atoms with E-state index < -0.39 is 35.7 Å². The number of hydrogen-bond donors (Lipinski definition) is 2. The first kappa shape index (κ1) is 23.7. The van der Waals surface area contributed by atoms with Crippen molar-refractivity contribution in [2.24, 2.45) is 0 Å². The Hall–Kier alpha value is -3.42. The van der Waals surface area contributed by atoms with Gasteiger partial charge < -0.3 is 15.5 Å². The highest BCUT2D eigenvalue weighted by atomic mass is 19.1. The minimum atomic E-state index is -1.29. The van der Waals surface area contributed by atoms with E-state index in [1.54, 1.807) is 0 Å². The summed E-state index contributed by atoms with van der Waals surface area (Å²) >= 11 is 0. The molecule has 2 aromatic carbocycles. The van der Waals surface area contributed by atoms with Gasteiger partial charge in [0.2, 0.25) is 5.91 Å². The van der Waals surface area contributed by atoms with Crippen molar-refractivity contribution < 1.29 is 18.8 Å². The van der Waals surface area contributed by atoms with E-state index in [0.29, 0.717) is 24.1 Å². The van der Waals surface area contributed by atoms with Crippen molar-refractivity contribution in [3.63, 3.8) is 0 Å². The van der Waals surface area contributed by atoms with Crippen LogP contribution in [0.3, 0.4) is 0 Å². The van der Waals surface area contributed by atoms with Crippen LogP contribution in [-0.2, 0) is 15.1 Å². The zero-order chi connectivity index (χ0) is 24.1. The standard InChI is InChI=1S/C26H31FN4O3/c1-2-3-15-26(19-7-9-20(27)10-8-19)24(33)31(25(34)29-26)18-23(32)28-21-11-13-22(14-12-21)30-16-5-4-6-17-30/h7-14H,2-6,15-18H2,1H3,(H,28,32)(H,29,34)/t26-/m0/s1. The van der Waals surface area contributed by atoms with Gasteiger partial charge in [0.1, 0.15) is 17.9 Å². The van der Waals surface area contributed by atoms with Crippen LogP contribution in [0.15, 0.2) is 48.5 Å². The van der Waals surface area contributed by atoms with Crippen LogP contribution < -0.4 is 15.5 Å². The summed E-state index contributed by atoms with van der Waals surface area (Å²) < 4.78 is 13.5. The van der Waals surface area contributed by atoms with Crippen molar-refractivity contribution in [3.8, 4) is 0 Å². The number of carbonyl (C=O) groups excluding carboxylic acids is 3. The van der Waals surface area contributed by atoms with Crippen LogP contribution in [0.4, 0.5) is 20.6 Å². The van der Waals surface area contributed by atoms with E-state index in [9.17, 15) is 18.8 Å². The number of urea groups is 1. The fourth-order valence-corrected chi connectivity index (χ4v) is 4.71. The lowest BCUT2D eigenvalue weighted by Gasteiger charge is -2.28. The molecule has 2 aliphatic heterocycles. The van der Waals surface area contributed by atoms with Crippen LogP contribution in [0.2, 0.25) is 0 Å². The molecule has 2 N–H and O–H groups in total. The zero-order valence-corrected chi connectivity index (χ0v) is 19.5. The van der Waals surface area contributed by atoms with E-state index >= 15 is 0 Å². The minimum Gasteiger partial charge on any atom is -0.372 e. The van der Waals surface area contributed by atoms with Gasteiger partial charge in [-0.15, -0.1) is 0 Å². The van der Waals surface area contributed by atoms with E-state index in [0.717, 1.165) is 30.1 Å². The third-order valence-corrected chi connectivity index (χ3v) is 6.59. The van der Waals surface area contributed by atoms with Crippen LogP contribution in [0.5, 0.6) is 0 Å². The first-order valence-corrected chi connectivity index (χ1v) is 12.0. The lowest BCUT2D eigenvalue weighted by molar-refractivity contribution is -0.134. The minimum absolute atomic E-state index is 0.371. The van der Waals surface area contributed by atoms with Gasteiger partial charge >= 0.3 is 6.03 Å². The maximum absolute atomic E-state index is 13.5. The third-order valence-electron chi connectivity index (χ3n) is 6.59. The molecule has 0 saturated carbocycles. The van der Waals surface area contributed by atoms with Crippen LogP contribution in [0.25, 0.3) is 0 Å². The van der Waals surface area contributed by atoms with E-state index in [2.05, 4.69) is 15.5 Å². The molecule has 4 rings (SSSR count). The number of rotatable bonds is 8. The molecular formula is C26H31FN4O3. The van der Waals surface area contributed by atoms with E-state index in [1.165, 1.54) is 43.5 Å². The fraction of sp³-hybridized carbons (Fsp3) is 0.423. The van der Waals surface area contributed by atoms with Crippen molar-refractivity contribution in [2.45, 2.75) is 51.0 Å². The number of unbranched alkanes of at least 4 members (excludes halogenated alkanes) is 1. The van der Waals surface area contributed by atoms with E-state index in [1.807, 2.05) is 31.2 Å². The molecule has 0 unspecified atom stereocenters. The molecule has 1 atom stereocenters. The SMILES string of the molecule is CCCC[C@@]1(c2ccc(F)cc2)NC(=O)N(CC(=O)Nc2ccc(N3CCCCC3)cc2)C1=O. The van der Waals surface area contributed by atoms with E-state index in [4.69, 9.17) is 0 Å². The molecule has 0 radical (unpaired) electrons. The maximum Gasteiger partial charge on any atom is 0.325 e. The average molecular weight is 467 g/mol. The number of amides is 4. The van der Waals surface area contributed by atoms with Gasteiger partial charge in [0.25, 0.3) is 5.91 Å². The second-order valence-corrected chi connectivity index (χ2v) is 8.98. The highest BCUT2D eigenvalue weighted by Crippen LogP contribution is 2.34. The first-order valence-electron chi connectivity index (χ1n) is 12.0. The molecule has 4 amide bonds. The molecule has 34 heavy (non-hydrogen) atoms. The Morgan fingerprint density at radius 2 is 1.71 bits per heavy atom. The summed E-state index contributed by atoms with van der Waals surface area (Å²) in [6, 6.07) is 12.5. The zero-order valence-electron chi connectivity index (χ0n) is 19.5. The number of imide groups is 1. The van der Waals surface area contributed by atoms with Crippen molar-refractivity contribution >= 4 is 29.2 Å². The molecule has 2 heterocycles. The smallest absolute Gasteiger partial charge is 0.325 e. The second kappa shape index (κ2) is 10.2. The van der Waals surface area contributed by atoms with Gasteiger partial charge in [-0.1, -0.05) is 31.9 Å². The summed E-state index contributed by atoms with van der Waals surface area (Å²) in [5, 5.41) is 5.56. The number of nitrogens with one attached hydrogen (secondary N) is 2. The Morgan fingerprint density at radius 3 is 2.35 bits per heavy atom. The van der Waals surface area contributed by atoms with Gasteiger partial charge in [-0.2, -0.15) is 0 Å². The highest BCUT2D eigenvalue weighted by Gasteiger charge is 2.52. The number of nitrogens with zero attached hydrogens (tertiary/aromatic N) is 2. The molecule has 2 fully saturated rings. The van der Waals surface area contributed by atoms with Crippen molar-refractivity contribution in [3.05, 3.63) is 59.9 Å². The summed E-state index contributed by atoms with van der Waals surface area (Å²) in [5.74, 6) is -1.37. The highest BCUT2D eigenvalue weighted by molar-refractivity contribution is 6.10. The Kier molecular flexibility index (Phi) is 7.14. The van der Waals surface area contributed by atoms with Crippen LogP contribution >= 0.6 is 0 Å². The summed E-state index contributed by atoms with van der Waals surface area (Å²) in [4.78, 5) is 42.1. The molecule has 8 heteroatoms. The predicted molar refractivity (Wildman–Crippen MR) is 129 cm³/mol. The predicted octanol–water partition coefficient (Wildman–Crippen LogP) is 4.39. The van der Waals surface area contributed by atoms with Crippen molar-refractivity contribution in [1.82, 2.24) is 10.2 Å². The quantitative estimate of drug-likeness (QED) is 0.566. The van der Waals surface area contributed by atoms with Gasteiger partial charge in [0.15, 0.2) is 0 Å². The lowest BCUT2D eigenvalue weighted by atomic mass is 9.85. The topological polar surface area (TPSA) is 81.8 Å². The van der Waals surface area contributed by atoms with Gasteiger partial charge in [-0.3, -0.25) is 14.5 Å². The number of anilines is 2. The molecule has 0 aromatic heterocycles. The summed E-state index contributed by atoms with van der Waals surface area (Å²) in [5.41, 5.74) is 0.939. The number of benzene rings is 2. The van der Waals surface area contributed by atoms with Crippen LogP contribution in [-0.4, -0.2) is 42.4 Å². The molecule has 0 bridgehead atoms. The van der Waals surface area contributed by atoms with Crippen molar-refractivity contribution in [2.75, 3.05) is 29.9 Å². The molecular weight excluding hydrogens is 435 g/mol. The normalized spacial score (nSPS) is 20.4. The largest absolute Gasteiger partial charge is 0.372 e. The monoisotopic (exact) mass is 466 g/mol. The molecule has 0 aliphatic carbocycles. The van der Waals surface area contributed by atoms with E-state index in [-0.39, 0.29) is 0 Å². The van der Waals surface area contributed by atoms with Crippen LogP contribution in [0, 0.1) is 5.82 Å². The molecule has 2 saturated heterocycles. The maximum atomic E-state index is 13.5. The Bertz CT molecular complexity index is 1040. The summed E-state index contributed by atoms with van der Waals surface area (Å²) in [6.07, 6.45) is 5.50. The molecule has 2 aliphatic rings. The third kappa shape index (κ3) is 4.90. The Labute approximate surface area is 199 Å². The van der Waals surface area contributed by atoms with Crippen LogP contribution in [0.1, 0.15) is 51.0 Å². The van der Waals surface area contributed by atoms with Gasteiger partial charge in [0, 0.05) is 24.5 Å². The average Bonchev–Trinajstić information content (AvgIpc) is 3.09. The Morgan fingerprint density at radius 1 is 1.03 bits per heavy atom. The number of halogens is 1. The lowest BCUT2D eigenvalue weighted by Crippen LogP contribution is -2.44. The first-order chi connectivity index (χ1) is 16.4. The van der Waals surface area contributed by atoms with Gasteiger partial charge in [-0.25, -0.2) is 9.18 Å². The van der Waals surface area contributed by atoms with Gasteiger partial charge in [-0.05, 0) is 67.6 Å². The Balaban J connectivity index is 1.44. The molecule has 0 spiro atoms. The summed E-state index contributed by atoms with van der Waals surface area (Å²) in [7, 11) is 0.